The maximum Gasteiger partial charge on any atom is 0.438 e. The molecule has 0 fully saturated rings. The van der Waals surface area contributed by atoms with Gasteiger partial charge in [0.2, 0.25) is 0 Å². The Hall–Kier alpha value is -1.83. The molecule has 0 aliphatic heterocycles. The van der Waals surface area contributed by atoms with Crippen molar-refractivity contribution < 1.29 is 48.8 Å². The number of carbonyl (C=O) groups is 1. The Morgan fingerprint density at radius 2 is 1.73 bits per heavy atom. The van der Waals surface area contributed by atoms with E-state index in [1.165, 1.54) is 0 Å². The van der Waals surface area contributed by atoms with Crippen molar-refractivity contribution in [3.05, 3.63) is 18.0 Å². The Bertz CT molecular complexity index is 621. The molecule has 7 nitrogen and oxygen atoms in total. The molecule has 1 rings (SSSR count). The Kier molecular flexibility index (Phi) is 4.49. The van der Waals surface area contributed by atoms with Crippen LogP contribution in [0, 0.1) is 0 Å². The van der Waals surface area contributed by atoms with E-state index >= 15 is 0 Å². The lowest BCUT2D eigenvalue weighted by Crippen LogP contribution is -2.63. The standard InChI is InChI=1S/C8H6F6N2O5S/c9-7(10,11)6(8(12,13)14,3-22(18,19)20)21-5(17)4-1-2-15-16-4/h1-2H,3H2,(H,15,16)(H,18,19,20). The molecular weight excluding hydrogens is 350 g/mol. The SMILES string of the molecule is O=C(OC(CS(=O)(=O)O)(C(F)(F)F)C(F)(F)F)c1cc[nH]n1. The minimum absolute atomic E-state index is 0.702. The predicted molar refractivity (Wildman–Crippen MR) is 55.3 cm³/mol. The van der Waals surface area contributed by atoms with Crippen LogP contribution in [0.2, 0.25) is 0 Å². The zero-order valence-electron chi connectivity index (χ0n) is 10.1. The van der Waals surface area contributed by atoms with Crippen LogP contribution < -0.4 is 0 Å². The van der Waals surface area contributed by atoms with Crippen LogP contribution in [-0.2, 0) is 14.9 Å². The number of carbonyl (C=O) groups excluding carboxylic acids is 1. The van der Waals surface area contributed by atoms with Gasteiger partial charge in [0.05, 0.1) is 0 Å². The molecule has 0 saturated heterocycles. The topological polar surface area (TPSA) is 109 Å². The summed E-state index contributed by atoms with van der Waals surface area (Å²) >= 11 is 0. The fourth-order valence-electron chi connectivity index (χ4n) is 1.31. The van der Waals surface area contributed by atoms with E-state index in [1.807, 2.05) is 5.10 Å². The van der Waals surface area contributed by atoms with Gasteiger partial charge in [0, 0.05) is 6.20 Å². The molecule has 0 atom stereocenters. The summed E-state index contributed by atoms with van der Waals surface area (Å²) in [5.41, 5.74) is -6.39. The van der Waals surface area contributed by atoms with Crippen LogP contribution in [0.4, 0.5) is 26.3 Å². The molecule has 0 spiro atoms. The van der Waals surface area contributed by atoms with E-state index in [4.69, 9.17) is 4.55 Å². The average molecular weight is 356 g/mol. The number of halogens is 6. The zero-order chi connectivity index (χ0) is 17.4. The monoisotopic (exact) mass is 356 g/mol. The second-order valence-electron chi connectivity index (χ2n) is 3.90. The highest BCUT2D eigenvalue weighted by atomic mass is 32.2. The molecule has 0 radical (unpaired) electrons. The quantitative estimate of drug-likeness (QED) is 0.478. The average Bonchev–Trinajstić information content (AvgIpc) is 2.75. The van der Waals surface area contributed by atoms with Crippen molar-refractivity contribution in [3.63, 3.8) is 0 Å². The van der Waals surface area contributed by atoms with Gasteiger partial charge in [-0.2, -0.15) is 39.9 Å². The lowest BCUT2D eigenvalue weighted by Gasteiger charge is -2.35. The first-order valence-corrected chi connectivity index (χ1v) is 6.62. The number of aromatic amines is 1. The molecule has 2 N–H and O–H groups in total. The van der Waals surface area contributed by atoms with E-state index < -0.39 is 45.5 Å². The highest BCUT2D eigenvalue weighted by molar-refractivity contribution is 7.85. The van der Waals surface area contributed by atoms with Gasteiger partial charge in [-0.25, -0.2) is 4.79 Å². The van der Waals surface area contributed by atoms with Crippen molar-refractivity contribution in [1.82, 2.24) is 10.2 Å². The zero-order valence-corrected chi connectivity index (χ0v) is 10.9. The summed E-state index contributed by atoms with van der Waals surface area (Å²) in [4.78, 5) is 11.3. The predicted octanol–water partition coefficient (Wildman–Crippen LogP) is 1.32. The first-order valence-electron chi connectivity index (χ1n) is 5.01. The third kappa shape index (κ3) is 3.68. The summed E-state index contributed by atoms with van der Waals surface area (Å²) in [6.07, 6.45) is -11.8. The molecule has 0 bridgehead atoms. The Morgan fingerprint density at radius 3 is 2.05 bits per heavy atom. The van der Waals surface area contributed by atoms with Crippen LogP contribution >= 0.6 is 0 Å². The van der Waals surface area contributed by atoms with Gasteiger partial charge in [-0.1, -0.05) is 0 Å². The first kappa shape index (κ1) is 18.2. The molecule has 0 amide bonds. The first-order chi connectivity index (χ1) is 9.70. The number of alkyl halides is 6. The molecule has 14 heteroatoms. The molecular formula is C8H6F6N2O5S. The highest BCUT2D eigenvalue weighted by Crippen LogP contribution is 2.47. The number of nitrogens with zero attached hydrogens (tertiary/aromatic N) is 1. The van der Waals surface area contributed by atoms with Crippen LogP contribution in [0.25, 0.3) is 0 Å². The largest absolute Gasteiger partial charge is 0.438 e. The minimum Gasteiger partial charge on any atom is -0.433 e. The molecule has 1 aromatic heterocycles. The number of hydrogen-bond acceptors (Lipinski definition) is 5. The van der Waals surface area contributed by atoms with Crippen molar-refractivity contribution in [2.75, 3.05) is 5.75 Å². The van der Waals surface area contributed by atoms with Gasteiger partial charge in [0.15, 0.2) is 5.69 Å². The van der Waals surface area contributed by atoms with Gasteiger partial charge < -0.3 is 4.74 Å². The number of ether oxygens (including phenoxy) is 1. The normalized spacial score (nSPS) is 14.0. The molecule has 0 unspecified atom stereocenters. The van der Waals surface area contributed by atoms with Crippen LogP contribution in [0.3, 0.4) is 0 Å². The van der Waals surface area contributed by atoms with E-state index in [2.05, 4.69) is 9.84 Å². The number of aromatic nitrogens is 2. The van der Waals surface area contributed by atoms with E-state index in [9.17, 15) is 39.6 Å². The minimum atomic E-state index is -6.37. The summed E-state index contributed by atoms with van der Waals surface area (Å²) in [7, 11) is -5.81. The third-order valence-corrected chi connectivity index (χ3v) is 3.05. The van der Waals surface area contributed by atoms with Crippen molar-refractivity contribution in [1.29, 1.82) is 0 Å². The second kappa shape index (κ2) is 5.42. The molecule has 0 aliphatic rings. The maximum atomic E-state index is 12.8. The van der Waals surface area contributed by atoms with Gasteiger partial charge in [0.1, 0.15) is 5.75 Å². The summed E-state index contributed by atoms with van der Waals surface area (Å²) in [6, 6.07) is 0.702. The van der Waals surface area contributed by atoms with Gasteiger partial charge in [-0.3, -0.25) is 9.65 Å². The molecule has 126 valence electrons. The van der Waals surface area contributed by atoms with Gasteiger partial charge in [-0.05, 0) is 6.07 Å². The molecule has 1 heterocycles. The van der Waals surface area contributed by atoms with Crippen LogP contribution in [-0.4, -0.2) is 52.8 Å². The Labute approximate surface area is 118 Å². The van der Waals surface area contributed by atoms with Crippen LogP contribution in [0.1, 0.15) is 10.5 Å². The number of hydrogen-bond donors (Lipinski definition) is 2. The van der Waals surface area contributed by atoms with Crippen molar-refractivity contribution in [2.24, 2.45) is 0 Å². The lowest BCUT2D eigenvalue weighted by molar-refractivity contribution is -0.356. The molecule has 1 aromatic rings. The Morgan fingerprint density at radius 1 is 1.23 bits per heavy atom. The van der Waals surface area contributed by atoms with Gasteiger partial charge in [0.25, 0.3) is 10.1 Å². The van der Waals surface area contributed by atoms with E-state index in [0.717, 1.165) is 6.20 Å². The number of H-pyrrole nitrogens is 1. The van der Waals surface area contributed by atoms with Gasteiger partial charge >= 0.3 is 23.9 Å². The van der Waals surface area contributed by atoms with Crippen molar-refractivity contribution >= 4 is 16.1 Å². The fourth-order valence-corrected chi connectivity index (χ4v) is 2.21. The number of nitrogens with one attached hydrogen (secondary N) is 1. The van der Waals surface area contributed by atoms with Crippen LogP contribution in [0.5, 0.6) is 0 Å². The smallest absolute Gasteiger partial charge is 0.433 e. The maximum absolute atomic E-state index is 12.8. The van der Waals surface area contributed by atoms with Crippen LogP contribution in [0.15, 0.2) is 12.3 Å². The molecule has 22 heavy (non-hydrogen) atoms. The fraction of sp³-hybridized carbons (Fsp3) is 0.500. The third-order valence-electron chi connectivity index (χ3n) is 2.28. The molecule has 0 saturated carbocycles. The van der Waals surface area contributed by atoms with Crippen molar-refractivity contribution in [2.45, 2.75) is 18.0 Å². The van der Waals surface area contributed by atoms with E-state index in [0.29, 0.717) is 6.07 Å². The summed E-state index contributed by atoms with van der Waals surface area (Å²) in [5, 5.41) is 4.96. The summed E-state index contributed by atoms with van der Waals surface area (Å²) in [6.45, 7) is 0. The highest BCUT2D eigenvalue weighted by Gasteiger charge is 2.76. The van der Waals surface area contributed by atoms with E-state index in [1.54, 1.807) is 0 Å². The van der Waals surface area contributed by atoms with E-state index in [-0.39, 0.29) is 0 Å². The Balaban J connectivity index is 3.40. The molecule has 0 aliphatic carbocycles. The summed E-state index contributed by atoms with van der Waals surface area (Å²) in [5.74, 6) is -5.12. The molecule has 0 aromatic carbocycles. The lowest BCUT2D eigenvalue weighted by atomic mass is 10.1. The number of esters is 1. The van der Waals surface area contributed by atoms with Crippen molar-refractivity contribution in [3.8, 4) is 0 Å². The summed E-state index contributed by atoms with van der Waals surface area (Å²) < 4.78 is 110. The van der Waals surface area contributed by atoms with Gasteiger partial charge in [-0.15, -0.1) is 0 Å². The second-order valence-corrected chi connectivity index (χ2v) is 5.35. The number of rotatable bonds is 4.